The lowest BCUT2D eigenvalue weighted by molar-refractivity contribution is 0.516. The van der Waals surface area contributed by atoms with Crippen LogP contribution in [0.3, 0.4) is 0 Å². The predicted molar refractivity (Wildman–Crippen MR) is 70.3 cm³/mol. The minimum Gasteiger partial charge on any atom is -0.381 e. The molecule has 0 bridgehead atoms. The number of nitrogens with one attached hydrogen (secondary N) is 2. The van der Waals surface area contributed by atoms with Crippen molar-refractivity contribution in [2.45, 2.75) is 38.8 Å². The van der Waals surface area contributed by atoms with Crippen LogP contribution < -0.4 is 10.6 Å². The van der Waals surface area contributed by atoms with E-state index in [-0.39, 0.29) is 0 Å². The number of anilines is 1. The topological polar surface area (TPSA) is 24.1 Å². The van der Waals surface area contributed by atoms with E-state index in [1.807, 2.05) is 6.07 Å². The van der Waals surface area contributed by atoms with Gasteiger partial charge in [0.15, 0.2) is 0 Å². The van der Waals surface area contributed by atoms with Gasteiger partial charge in [0.2, 0.25) is 0 Å². The summed E-state index contributed by atoms with van der Waals surface area (Å²) in [6.07, 6.45) is 2.29. The zero-order valence-corrected chi connectivity index (χ0v) is 10.6. The van der Waals surface area contributed by atoms with E-state index in [9.17, 15) is 0 Å². The highest BCUT2D eigenvalue weighted by Crippen LogP contribution is 2.27. The van der Waals surface area contributed by atoms with E-state index in [2.05, 4.69) is 36.6 Å². The highest BCUT2D eigenvalue weighted by Gasteiger charge is 2.17. The lowest BCUT2D eigenvalue weighted by Crippen LogP contribution is -2.38. The van der Waals surface area contributed by atoms with Crippen LogP contribution in [-0.4, -0.2) is 18.6 Å². The van der Waals surface area contributed by atoms with E-state index >= 15 is 0 Å². The summed E-state index contributed by atoms with van der Waals surface area (Å²) in [6, 6.07) is 7.19. The molecule has 3 heteroatoms. The van der Waals surface area contributed by atoms with Crippen molar-refractivity contribution in [3.8, 4) is 0 Å². The van der Waals surface area contributed by atoms with Crippen LogP contribution in [0.15, 0.2) is 18.2 Å². The summed E-state index contributed by atoms with van der Waals surface area (Å²) in [5.41, 5.74) is 2.58. The van der Waals surface area contributed by atoms with Gasteiger partial charge in [-0.05, 0) is 36.6 Å². The van der Waals surface area contributed by atoms with Gasteiger partial charge in [-0.3, -0.25) is 0 Å². The Morgan fingerprint density at radius 3 is 3.06 bits per heavy atom. The third-order valence-corrected chi connectivity index (χ3v) is 3.20. The molecule has 0 aromatic heterocycles. The molecular formula is C13H19ClN2. The Kier molecular flexibility index (Phi) is 3.72. The van der Waals surface area contributed by atoms with Crippen molar-refractivity contribution in [1.29, 1.82) is 0 Å². The average Bonchev–Trinajstić information content (AvgIpc) is 2.26. The molecule has 16 heavy (non-hydrogen) atoms. The van der Waals surface area contributed by atoms with Crippen LogP contribution in [0.25, 0.3) is 0 Å². The first-order valence-electron chi connectivity index (χ1n) is 5.93. The molecule has 0 saturated heterocycles. The quantitative estimate of drug-likeness (QED) is 0.846. The molecule has 1 aliphatic rings. The third-order valence-electron chi connectivity index (χ3n) is 2.96. The molecule has 1 aliphatic heterocycles. The zero-order valence-electron chi connectivity index (χ0n) is 9.89. The molecule has 2 nitrogen and oxygen atoms in total. The van der Waals surface area contributed by atoms with Gasteiger partial charge in [-0.1, -0.05) is 25.4 Å². The SMILES string of the molecule is CC(C)NCC1CCc2cc(Cl)ccc2N1. The number of rotatable bonds is 3. The van der Waals surface area contributed by atoms with E-state index in [0.29, 0.717) is 12.1 Å². The first-order chi connectivity index (χ1) is 7.65. The van der Waals surface area contributed by atoms with Crippen LogP contribution in [0.2, 0.25) is 5.02 Å². The van der Waals surface area contributed by atoms with Crippen LogP contribution in [0.5, 0.6) is 0 Å². The van der Waals surface area contributed by atoms with Crippen LogP contribution >= 0.6 is 11.6 Å². The standard InChI is InChI=1S/C13H19ClN2/c1-9(2)15-8-12-5-3-10-7-11(14)4-6-13(10)16-12/h4,6-7,9,12,15-16H,3,5,8H2,1-2H3. The lowest BCUT2D eigenvalue weighted by Gasteiger charge is -2.28. The molecule has 1 heterocycles. The van der Waals surface area contributed by atoms with E-state index in [0.717, 1.165) is 18.0 Å². The highest BCUT2D eigenvalue weighted by atomic mass is 35.5. The van der Waals surface area contributed by atoms with Crippen molar-refractivity contribution < 1.29 is 0 Å². The maximum Gasteiger partial charge on any atom is 0.0410 e. The summed E-state index contributed by atoms with van der Waals surface area (Å²) in [5, 5.41) is 7.86. The lowest BCUT2D eigenvalue weighted by atomic mass is 9.98. The van der Waals surface area contributed by atoms with Crippen molar-refractivity contribution in [1.82, 2.24) is 5.32 Å². The van der Waals surface area contributed by atoms with E-state index in [4.69, 9.17) is 11.6 Å². The van der Waals surface area contributed by atoms with Gasteiger partial charge in [-0.25, -0.2) is 0 Å². The molecule has 2 N–H and O–H groups in total. The van der Waals surface area contributed by atoms with E-state index in [1.165, 1.54) is 17.7 Å². The fraction of sp³-hybridized carbons (Fsp3) is 0.538. The second kappa shape index (κ2) is 5.07. The highest BCUT2D eigenvalue weighted by molar-refractivity contribution is 6.30. The van der Waals surface area contributed by atoms with Crippen molar-refractivity contribution in [2.75, 3.05) is 11.9 Å². The number of fused-ring (bicyclic) bond motifs is 1. The van der Waals surface area contributed by atoms with Crippen molar-refractivity contribution in [3.05, 3.63) is 28.8 Å². The second-order valence-electron chi connectivity index (χ2n) is 4.74. The Bertz CT molecular complexity index is 363. The molecule has 1 aromatic rings. The normalized spacial score (nSPS) is 19.4. The maximum absolute atomic E-state index is 5.98. The van der Waals surface area contributed by atoms with Gasteiger partial charge in [0.05, 0.1) is 0 Å². The molecule has 0 fully saturated rings. The molecule has 1 aromatic carbocycles. The Hall–Kier alpha value is -0.730. The maximum atomic E-state index is 5.98. The molecule has 1 atom stereocenters. The predicted octanol–water partition coefficient (Wildman–Crippen LogP) is 3.06. The fourth-order valence-corrected chi connectivity index (χ4v) is 2.26. The van der Waals surface area contributed by atoms with Gasteiger partial charge in [-0.15, -0.1) is 0 Å². The minimum atomic E-state index is 0.538. The van der Waals surface area contributed by atoms with Gasteiger partial charge in [0.1, 0.15) is 0 Å². The molecule has 2 rings (SSSR count). The Morgan fingerprint density at radius 1 is 1.50 bits per heavy atom. The Balaban J connectivity index is 1.98. The first-order valence-corrected chi connectivity index (χ1v) is 6.31. The van der Waals surface area contributed by atoms with E-state index < -0.39 is 0 Å². The number of hydrogen-bond donors (Lipinski definition) is 2. The van der Waals surface area contributed by atoms with E-state index in [1.54, 1.807) is 0 Å². The molecule has 0 saturated carbocycles. The molecule has 0 radical (unpaired) electrons. The number of halogens is 1. The van der Waals surface area contributed by atoms with Crippen LogP contribution in [0, 0.1) is 0 Å². The summed E-state index contributed by atoms with van der Waals surface area (Å²) in [7, 11) is 0. The summed E-state index contributed by atoms with van der Waals surface area (Å²) in [5.74, 6) is 0. The Morgan fingerprint density at radius 2 is 2.31 bits per heavy atom. The molecule has 0 amide bonds. The van der Waals surface area contributed by atoms with Crippen LogP contribution in [-0.2, 0) is 6.42 Å². The number of aryl methyl sites for hydroxylation is 1. The van der Waals surface area contributed by atoms with Gasteiger partial charge >= 0.3 is 0 Å². The largest absolute Gasteiger partial charge is 0.381 e. The molecule has 0 spiro atoms. The van der Waals surface area contributed by atoms with Crippen LogP contribution in [0.4, 0.5) is 5.69 Å². The average molecular weight is 239 g/mol. The van der Waals surface area contributed by atoms with Gasteiger partial charge in [0, 0.05) is 29.3 Å². The van der Waals surface area contributed by atoms with Crippen LogP contribution in [0.1, 0.15) is 25.8 Å². The number of hydrogen-bond acceptors (Lipinski definition) is 2. The van der Waals surface area contributed by atoms with Gasteiger partial charge in [0.25, 0.3) is 0 Å². The first kappa shape index (κ1) is 11.7. The third kappa shape index (κ3) is 2.89. The summed E-state index contributed by atoms with van der Waals surface area (Å²) in [6.45, 7) is 5.38. The molecule has 0 aliphatic carbocycles. The van der Waals surface area contributed by atoms with Crippen molar-refractivity contribution in [2.24, 2.45) is 0 Å². The second-order valence-corrected chi connectivity index (χ2v) is 5.18. The summed E-state index contributed by atoms with van der Waals surface area (Å²) >= 11 is 5.98. The summed E-state index contributed by atoms with van der Waals surface area (Å²) in [4.78, 5) is 0. The van der Waals surface area contributed by atoms with Gasteiger partial charge in [-0.2, -0.15) is 0 Å². The summed E-state index contributed by atoms with van der Waals surface area (Å²) < 4.78 is 0. The minimum absolute atomic E-state index is 0.538. The monoisotopic (exact) mass is 238 g/mol. The molecule has 1 unspecified atom stereocenters. The smallest absolute Gasteiger partial charge is 0.0410 e. The number of benzene rings is 1. The van der Waals surface area contributed by atoms with Crippen molar-refractivity contribution >= 4 is 17.3 Å². The van der Waals surface area contributed by atoms with Crippen molar-refractivity contribution in [3.63, 3.8) is 0 Å². The molecular weight excluding hydrogens is 220 g/mol. The zero-order chi connectivity index (χ0) is 11.5. The van der Waals surface area contributed by atoms with Gasteiger partial charge < -0.3 is 10.6 Å². The Labute approximate surface area is 102 Å². The fourth-order valence-electron chi connectivity index (χ4n) is 2.06. The molecule has 88 valence electrons.